The van der Waals surface area contributed by atoms with Crippen molar-refractivity contribution in [2.45, 2.75) is 52.0 Å². The van der Waals surface area contributed by atoms with Crippen LogP contribution in [0.2, 0.25) is 0 Å². The van der Waals surface area contributed by atoms with Crippen molar-refractivity contribution in [1.82, 2.24) is 19.7 Å². The van der Waals surface area contributed by atoms with Gasteiger partial charge < -0.3 is 14.4 Å². The van der Waals surface area contributed by atoms with Crippen LogP contribution in [0.4, 0.5) is 0 Å². The van der Waals surface area contributed by atoms with E-state index in [1.807, 2.05) is 36.9 Å². The van der Waals surface area contributed by atoms with Crippen LogP contribution in [-0.4, -0.2) is 45.0 Å². The number of amides is 1. The lowest BCUT2D eigenvalue weighted by atomic mass is 10.0. The number of likely N-dealkylation sites (tertiary alicyclic amines) is 1. The first-order valence-electron chi connectivity index (χ1n) is 9.22. The van der Waals surface area contributed by atoms with Gasteiger partial charge in [-0.3, -0.25) is 4.79 Å². The van der Waals surface area contributed by atoms with Crippen LogP contribution in [0.25, 0.3) is 5.69 Å². The molecule has 1 fully saturated rings. The van der Waals surface area contributed by atoms with Crippen LogP contribution < -0.4 is 9.47 Å². The third kappa shape index (κ3) is 2.91. The lowest BCUT2D eigenvalue weighted by Gasteiger charge is -2.33. The van der Waals surface area contributed by atoms with Crippen molar-refractivity contribution < 1.29 is 14.3 Å². The molecule has 1 saturated heterocycles. The minimum absolute atomic E-state index is 0.0609. The molecule has 0 saturated carbocycles. The van der Waals surface area contributed by atoms with E-state index in [0.29, 0.717) is 23.1 Å². The maximum Gasteiger partial charge on any atom is 0.292 e. The molecule has 0 N–H and O–H groups in total. The second-order valence-corrected chi connectivity index (χ2v) is 7.24. The van der Waals surface area contributed by atoms with E-state index in [4.69, 9.17) is 9.47 Å². The Labute approximate surface area is 152 Å². The summed E-state index contributed by atoms with van der Waals surface area (Å²) < 4.78 is 12.5. The van der Waals surface area contributed by atoms with Crippen LogP contribution in [0.3, 0.4) is 0 Å². The van der Waals surface area contributed by atoms with Gasteiger partial charge in [0.15, 0.2) is 17.3 Å². The molecule has 2 aliphatic rings. The minimum atomic E-state index is -0.0609. The van der Waals surface area contributed by atoms with Crippen LogP contribution in [0.15, 0.2) is 18.2 Å². The summed E-state index contributed by atoms with van der Waals surface area (Å²) in [5, 5.41) is 4.61. The maximum atomic E-state index is 13.2. The second-order valence-electron chi connectivity index (χ2n) is 7.24. The number of hydrogen-bond donors (Lipinski definition) is 0. The van der Waals surface area contributed by atoms with E-state index >= 15 is 0 Å². The highest BCUT2D eigenvalue weighted by Crippen LogP contribution is 2.34. The van der Waals surface area contributed by atoms with Gasteiger partial charge in [0.2, 0.25) is 12.6 Å². The summed E-state index contributed by atoms with van der Waals surface area (Å²) in [6.07, 6.45) is 3.23. The molecule has 1 aromatic carbocycles. The molecule has 0 spiro atoms. The van der Waals surface area contributed by atoms with E-state index in [0.717, 1.165) is 31.5 Å². The predicted molar refractivity (Wildman–Crippen MR) is 95.9 cm³/mol. The second kappa shape index (κ2) is 6.63. The Hall–Kier alpha value is -2.57. The SMILES string of the molecule is CC(C)c1nc(C(=O)N2CCCCC2C)n(-c2ccc3c(c2)OCO3)n1. The average molecular weight is 356 g/mol. The molecule has 26 heavy (non-hydrogen) atoms. The van der Waals surface area contributed by atoms with Crippen LogP contribution in [0.1, 0.15) is 62.4 Å². The van der Waals surface area contributed by atoms with Crippen molar-refractivity contribution in [3.05, 3.63) is 29.8 Å². The average Bonchev–Trinajstić information content (AvgIpc) is 3.28. The van der Waals surface area contributed by atoms with Crippen molar-refractivity contribution in [3.63, 3.8) is 0 Å². The first-order chi connectivity index (χ1) is 12.5. The van der Waals surface area contributed by atoms with E-state index in [-0.39, 0.29) is 24.7 Å². The summed E-state index contributed by atoms with van der Waals surface area (Å²) in [4.78, 5) is 19.7. The van der Waals surface area contributed by atoms with Crippen LogP contribution in [-0.2, 0) is 0 Å². The molecule has 0 aliphatic carbocycles. The summed E-state index contributed by atoms with van der Waals surface area (Å²) in [7, 11) is 0. The largest absolute Gasteiger partial charge is 0.454 e. The molecule has 4 rings (SSSR count). The van der Waals surface area contributed by atoms with Gasteiger partial charge >= 0.3 is 0 Å². The molecular weight excluding hydrogens is 332 g/mol. The zero-order valence-corrected chi connectivity index (χ0v) is 15.4. The number of rotatable bonds is 3. The lowest BCUT2D eigenvalue weighted by molar-refractivity contribution is 0.0620. The van der Waals surface area contributed by atoms with E-state index in [9.17, 15) is 4.79 Å². The van der Waals surface area contributed by atoms with Gasteiger partial charge in [-0.1, -0.05) is 13.8 Å². The molecule has 1 atom stereocenters. The minimum Gasteiger partial charge on any atom is -0.454 e. The van der Waals surface area contributed by atoms with Gasteiger partial charge in [-0.25, -0.2) is 9.67 Å². The summed E-state index contributed by atoms with van der Waals surface area (Å²) in [5.41, 5.74) is 0.752. The molecule has 1 aromatic heterocycles. The number of ether oxygens (including phenoxy) is 2. The van der Waals surface area contributed by atoms with Crippen molar-refractivity contribution in [2.75, 3.05) is 13.3 Å². The molecule has 2 aliphatic heterocycles. The summed E-state index contributed by atoms with van der Waals surface area (Å²) in [6, 6.07) is 5.78. The number of piperidine rings is 1. The molecule has 7 heteroatoms. The predicted octanol–water partition coefficient (Wildman–Crippen LogP) is 3.13. The van der Waals surface area contributed by atoms with Gasteiger partial charge in [-0.15, -0.1) is 0 Å². The lowest BCUT2D eigenvalue weighted by Crippen LogP contribution is -2.43. The van der Waals surface area contributed by atoms with Crippen LogP contribution in [0, 0.1) is 0 Å². The molecule has 7 nitrogen and oxygen atoms in total. The maximum absolute atomic E-state index is 13.2. The summed E-state index contributed by atoms with van der Waals surface area (Å²) >= 11 is 0. The smallest absolute Gasteiger partial charge is 0.292 e. The first-order valence-corrected chi connectivity index (χ1v) is 9.22. The van der Waals surface area contributed by atoms with Crippen molar-refractivity contribution >= 4 is 5.91 Å². The first kappa shape index (κ1) is 16.9. The molecule has 1 unspecified atom stereocenters. The Morgan fingerprint density at radius 3 is 2.81 bits per heavy atom. The van der Waals surface area contributed by atoms with Gasteiger partial charge in [-0.05, 0) is 38.3 Å². The molecule has 1 amide bonds. The molecule has 0 radical (unpaired) electrons. The van der Waals surface area contributed by atoms with E-state index < -0.39 is 0 Å². The standard InChI is InChI=1S/C19H24N4O3/c1-12(2)17-20-18(19(24)22-9-5-4-6-13(22)3)23(21-17)14-7-8-15-16(10-14)26-11-25-15/h7-8,10,12-13H,4-6,9,11H2,1-3H3. The number of nitrogens with zero attached hydrogens (tertiary/aromatic N) is 4. The Morgan fingerprint density at radius 1 is 1.23 bits per heavy atom. The number of hydrogen-bond acceptors (Lipinski definition) is 5. The Kier molecular flexibility index (Phi) is 4.30. The fourth-order valence-electron chi connectivity index (χ4n) is 3.44. The normalized spacial score (nSPS) is 19.2. The zero-order valence-electron chi connectivity index (χ0n) is 15.4. The van der Waals surface area contributed by atoms with E-state index in [1.165, 1.54) is 0 Å². The van der Waals surface area contributed by atoms with E-state index in [2.05, 4.69) is 17.0 Å². The molecule has 138 valence electrons. The zero-order chi connectivity index (χ0) is 18.3. The topological polar surface area (TPSA) is 69.5 Å². The van der Waals surface area contributed by atoms with E-state index in [1.54, 1.807) is 4.68 Å². The number of aromatic nitrogens is 3. The van der Waals surface area contributed by atoms with Crippen molar-refractivity contribution in [2.24, 2.45) is 0 Å². The quantitative estimate of drug-likeness (QED) is 0.845. The third-order valence-corrected chi connectivity index (χ3v) is 5.00. The van der Waals surface area contributed by atoms with Crippen LogP contribution >= 0.6 is 0 Å². The number of carbonyl (C=O) groups is 1. The van der Waals surface area contributed by atoms with Gasteiger partial charge in [0.1, 0.15) is 0 Å². The summed E-state index contributed by atoms with van der Waals surface area (Å²) in [6.45, 7) is 7.13. The molecular formula is C19H24N4O3. The van der Waals surface area contributed by atoms with Crippen LogP contribution in [0.5, 0.6) is 11.5 Å². The fraction of sp³-hybridized carbons (Fsp3) is 0.526. The summed E-state index contributed by atoms with van der Waals surface area (Å²) in [5.74, 6) is 2.46. The van der Waals surface area contributed by atoms with Gasteiger partial charge in [-0.2, -0.15) is 5.10 Å². The number of fused-ring (bicyclic) bond motifs is 1. The third-order valence-electron chi connectivity index (χ3n) is 5.00. The number of benzene rings is 1. The molecule has 3 heterocycles. The van der Waals surface area contributed by atoms with Gasteiger partial charge in [0.05, 0.1) is 5.69 Å². The van der Waals surface area contributed by atoms with Crippen molar-refractivity contribution in [1.29, 1.82) is 0 Å². The molecule has 0 bridgehead atoms. The van der Waals surface area contributed by atoms with Gasteiger partial charge in [0, 0.05) is 24.6 Å². The molecule has 2 aromatic rings. The monoisotopic (exact) mass is 356 g/mol. The highest BCUT2D eigenvalue weighted by Gasteiger charge is 2.30. The Balaban J connectivity index is 1.75. The number of carbonyl (C=O) groups excluding carboxylic acids is 1. The fourth-order valence-corrected chi connectivity index (χ4v) is 3.44. The Bertz CT molecular complexity index is 830. The highest BCUT2D eigenvalue weighted by molar-refractivity contribution is 5.91. The van der Waals surface area contributed by atoms with Gasteiger partial charge in [0.25, 0.3) is 5.91 Å². The Morgan fingerprint density at radius 2 is 2.04 bits per heavy atom. The van der Waals surface area contributed by atoms with Crippen molar-refractivity contribution in [3.8, 4) is 17.2 Å². The highest BCUT2D eigenvalue weighted by atomic mass is 16.7.